The standard InChI is InChI=1S/C16H20N2O2S/c1-12(15-8-5-9-21-15)18-16(19)11-20-14-7-4-3-6-13(14)10-17-2/h3-9,12,17H,10-11H2,1-2H3,(H,18,19). The Kier molecular flexibility index (Phi) is 5.78. The number of rotatable bonds is 7. The number of carbonyl (C=O) groups is 1. The molecule has 0 saturated carbocycles. The minimum Gasteiger partial charge on any atom is -0.483 e. The largest absolute Gasteiger partial charge is 0.483 e. The average molecular weight is 304 g/mol. The van der Waals surface area contributed by atoms with Gasteiger partial charge in [-0.25, -0.2) is 0 Å². The predicted octanol–water partition coefficient (Wildman–Crippen LogP) is 2.72. The number of carbonyl (C=O) groups excluding carboxylic acids is 1. The van der Waals surface area contributed by atoms with Crippen molar-refractivity contribution in [3.63, 3.8) is 0 Å². The van der Waals surface area contributed by atoms with E-state index in [9.17, 15) is 4.79 Å². The summed E-state index contributed by atoms with van der Waals surface area (Å²) in [6.45, 7) is 2.71. The summed E-state index contributed by atoms with van der Waals surface area (Å²) in [7, 11) is 1.88. The number of hydrogen-bond acceptors (Lipinski definition) is 4. The topological polar surface area (TPSA) is 50.4 Å². The molecule has 1 heterocycles. The molecule has 0 aliphatic carbocycles. The van der Waals surface area contributed by atoms with Crippen LogP contribution < -0.4 is 15.4 Å². The molecule has 112 valence electrons. The van der Waals surface area contributed by atoms with Crippen LogP contribution in [0.4, 0.5) is 0 Å². The number of thiophene rings is 1. The SMILES string of the molecule is CNCc1ccccc1OCC(=O)NC(C)c1cccs1. The van der Waals surface area contributed by atoms with E-state index in [0.29, 0.717) is 6.54 Å². The Balaban J connectivity index is 1.86. The zero-order valence-electron chi connectivity index (χ0n) is 12.3. The minimum absolute atomic E-state index is 0.00801. The van der Waals surface area contributed by atoms with Gasteiger partial charge < -0.3 is 15.4 Å². The first kappa shape index (κ1) is 15.5. The molecule has 4 nitrogen and oxygen atoms in total. The van der Waals surface area contributed by atoms with Crippen LogP contribution >= 0.6 is 11.3 Å². The first-order valence-electron chi connectivity index (χ1n) is 6.88. The fourth-order valence-corrected chi connectivity index (χ4v) is 2.75. The number of benzene rings is 1. The van der Waals surface area contributed by atoms with Gasteiger partial charge in [0, 0.05) is 17.0 Å². The Morgan fingerprint density at radius 3 is 2.81 bits per heavy atom. The fraction of sp³-hybridized carbons (Fsp3) is 0.312. The maximum absolute atomic E-state index is 11.9. The van der Waals surface area contributed by atoms with E-state index in [1.807, 2.05) is 55.7 Å². The molecule has 1 aromatic carbocycles. The summed E-state index contributed by atoms with van der Waals surface area (Å²) >= 11 is 1.63. The molecule has 0 saturated heterocycles. The van der Waals surface area contributed by atoms with Gasteiger partial charge in [0.25, 0.3) is 5.91 Å². The Morgan fingerprint density at radius 2 is 2.10 bits per heavy atom. The van der Waals surface area contributed by atoms with Gasteiger partial charge in [0.1, 0.15) is 5.75 Å². The lowest BCUT2D eigenvalue weighted by molar-refractivity contribution is -0.123. The van der Waals surface area contributed by atoms with E-state index in [2.05, 4.69) is 10.6 Å². The third-order valence-corrected chi connectivity index (χ3v) is 4.10. The number of ether oxygens (including phenoxy) is 1. The minimum atomic E-state index is -0.116. The summed E-state index contributed by atoms with van der Waals surface area (Å²) in [5.74, 6) is 0.626. The Labute approximate surface area is 129 Å². The van der Waals surface area contributed by atoms with Gasteiger partial charge in [0.15, 0.2) is 6.61 Å². The summed E-state index contributed by atoms with van der Waals surface area (Å²) < 4.78 is 5.62. The van der Waals surface area contributed by atoms with Crippen molar-refractivity contribution in [3.8, 4) is 5.75 Å². The molecule has 1 unspecified atom stereocenters. The van der Waals surface area contributed by atoms with E-state index < -0.39 is 0 Å². The number of amides is 1. The molecule has 1 atom stereocenters. The van der Waals surface area contributed by atoms with Gasteiger partial charge in [0.2, 0.25) is 0 Å². The van der Waals surface area contributed by atoms with E-state index in [-0.39, 0.29) is 18.6 Å². The molecule has 0 aliphatic rings. The normalized spacial score (nSPS) is 11.9. The molecule has 0 spiro atoms. The molecule has 1 amide bonds. The summed E-state index contributed by atoms with van der Waals surface area (Å²) in [5.41, 5.74) is 1.04. The summed E-state index contributed by atoms with van der Waals surface area (Å²) in [6, 6.07) is 11.7. The number of hydrogen-bond donors (Lipinski definition) is 2. The van der Waals surface area contributed by atoms with Crippen molar-refractivity contribution in [2.45, 2.75) is 19.5 Å². The van der Waals surface area contributed by atoms with Crippen molar-refractivity contribution in [2.75, 3.05) is 13.7 Å². The van der Waals surface area contributed by atoms with Crippen molar-refractivity contribution >= 4 is 17.2 Å². The highest BCUT2D eigenvalue weighted by molar-refractivity contribution is 7.10. The second kappa shape index (κ2) is 7.81. The van der Waals surface area contributed by atoms with Crippen molar-refractivity contribution in [2.24, 2.45) is 0 Å². The lowest BCUT2D eigenvalue weighted by Gasteiger charge is -2.14. The van der Waals surface area contributed by atoms with Crippen molar-refractivity contribution in [3.05, 3.63) is 52.2 Å². The first-order chi connectivity index (χ1) is 10.2. The van der Waals surface area contributed by atoms with Crippen LogP contribution in [0.3, 0.4) is 0 Å². The lowest BCUT2D eigenvalue weighted by atomic mass is 10.2. The Bertz CT molecular complexity index is 569. The summed E-state index contributed by atoms with van der Waals surface area (Å²) in [6.07, 6.45) is 0. The number of para-hydroxylation sites is 1. The summed E-state index contributed by atoms with van der Waals surface area (Å²) in [5, 5.41) is 8.02. The maximum Gasteiger partial charge on any atom is 0.258 e. The van der Waals surface area contributed by atoms with Crippen molar-refractivity contribution < 1.29 is 9.53 Å². The molecule has 0 radical (unpaired) electrons. The highest BCUT2D eigenvalue weighted by Crippen LogP contribution is 2.19. The number of nitrogens with one attached hydrogen (secondary N) is 2. The zero-order valence-corrected chi connectivity index (χ0v) is 13.1. The second-order valence-corrected chi connectivity index (χ2v) is 5.71. The Hall–Kier alpha value is -1.85. The smallest absolute Gasteiger partial charge is 0.258 e. The van der Waals surface area contributed by atoms with Crippen LogP contribution in [0.2, 0.25) is 0 Å². The van der Waals surface area contributed by atoms with Gasteiger partial charge in [0.05, 0.1) is 6.04 Å². The molecular formula is C16H20N2O2S. The molecule has 1 aromatic heterocycles. The van der Waals surface area contributed by atoms with E-state index in [1.54, 1.807) is 11.3 Å². The van der Waals surface area contributed by atoms with Crippen LogP contribution in [0.15, 0.2) is 41.8 Å². The van der Waals surface area contributed by atoms with E-state index in [4.69, 9.17) is 4.74 Å². The van der Waals surface area contributed by atoms with E-state index in [0.717, 1.165) is 16.2 Å². The van der Waals surface area contributed by atoms with Crippen LogP contribution in [-0.2, 0) is 11.3 Å². The highest BCUT2D eigenvalue weighted by atomic mass is 32.1. The third-order valence-electron chi connectivity index (χ3n) is 3.05. The molecular weight excluding hydrogens is 284 g/mol. The summed E-state index contributed by atoms with van der Waals surface area (Å²) in [4.78, 5) is 13.1. The van der Waals surface area contributed by atoms with Crippen LogP contribution in [0.25, 0.3) is 0 Å². The molecule has 0 bridgehead atoms. The fourth-order valence-electron chi connectivity index (χ4n) is 2.02. The van der Waals surface area contributed by atoms with Crippen LogP contribution in [0, 0.1) is 0 Å². The van der Waals surface area contributed by atoms with Gasteiger partial charge in [-0.15, -0.1) is 11.3 Å². The maximum atomic E-state index is 11.9. The van der Waals surface area contributed by atoms with Crippen LogP contribution in [-0.4, -0.2) is 19.6 Å². The lowest BCUT2D eigenvalue weighted by Crippen LogP contribution is -2.31. The van der Waals surface area contributed by atoms with Gasteiger partial charge in [-0.05, 0) is 31.5 Å². The molecule has 21 heavy (non-hydrogen) atoms. The van der Waals surface area contributed by atoms with Crippen LogP contribution in [0.5, 0.6) is 5.75 Å². The van der Waals surface area contributed by atoms with E-state index in [1.165, 1.54) is 0 Å². The molecule has 2 aromatic rings. The van der Waals surface area contributed by atoms with Gasteiger partial charge in [-0.1, -0.05) is 24.3 Å². The molecule has 5 heteroatoms. The van der Waals surface area contributed by atoms with Crippen LogP contribution in [0.1, 0.15) is 23.4 Å². The molecule has 0 fully saturated rings. The van der Waals surface area contributed by atoms with Gasteiger partial charge in [-0.3, -0.25) is 4.79 Å². The highest BCUT2D eigenvalue weighted by Gasteiger charge is 2.11. The van der Waals surface area contributed by atoms with Crippen molar-refractivity contribution in [1.82, 2.24) is 10.6 Å². The first-order valence-corrected chi connectivity index (χ1v) is 7.76. The van der Waals surface area contributed by atoms with Crippen molar-refractivity contribution in [1.29, 1.82) is 0 Å². The monoisotopic (exact) mass is 304 g/mol. The molecule has 2 N–H and O–H groups in total. The quantitative estimate of drug-likeness (QED) is 0.827. The molecule has 0 aliphatic heterocycles. The zero-order chi connectivity index (χ0) is 15.1. The van der Waals surface area contributed by atoms with Gasteiger partial charge >= 0.3 is 0 Å². The average Bonchev–Trinajstić information content (AvgIpc) is 3.01. The molecule has 2 rings (SSSR count). The third kappa shape index (κ3) is 4.58. The van der Waals surface area contributed by atoms with E-state index >= 15 is 0 Å². The Morgan fingerprint density at radius 1 is 1.29 bits per heavy atom. The second-order valence-electron chi connectivity index (χ2n) is 4.73. The predicted molar refractivity (Wildman–Crippen MR) is 85.6 cm³/mol. The van der Waals surface area contributed by atoms with Gasteiger partial charge in [-0.2, -0.15) is 0 Å².